The molecular formula is C23H21N3O3S. The number of hydrogen-bond donors (Lipinski definition) is 1. The molecule has 0 spiro atoms. The number of benzene rings is 2. The zero-order chi connectivity index (χ0) is 21.6. The Morgan fingerprint density at radius 1 is 1.03 bits per heavy atom. The van der Waals surface area contributed by atoms with Gasteiger partial charge in [0.25, 0.3) is 17.7 Å². The molecule has 3 aromatic rings. The zero-order valence-electron chi connectivity index (χ0n) is 17.1. The first-order chi connectivity index (χ1) is 14.3. The smallest absolute Gasteiger partial charge is 0.261 e. The first-order valence-electron chi connectivity index (χ1n) is 9.58. The van der Waals surface area contributed by atoms with Crippen LogP contribution in [-0.4, -0.2) is 34.7 Å². The van der Waals surface area contributed by atoms with Crippen molar-refractivity contribution in [1.82, 2.24) is 15.2 Å². The molecule has 0 saturated carbocycles. The number of thiazole rings is 1. The predicted octanol–water partition coefficient (Wildman–Crippen LogP) is 4.14. The van der Waals surface area contributed by atoms with E-state index >= 15 is 0 Å². The number of hydrogen-bond acceptors (Lipinski definition) is 5. The lowest BCUT2D eigenvalue weighted by Crippen LogP contribution is -2.26. The molecule has 6 nitrogen and oxygen atoms in total. The molecule has 3 amide bonds. The van der Waals surface area contributed by atoms with Crippen LogP contribution in [0, 0.1) is 13.8 Å². The van der Waals surface area contributed by atoms with Crippen molar-refractivity contribution in [3.05, 3.63) is 75.3 Å². The molecule has 0 radical (unpaired) electrons. The summed E-state index contributed by atoms with van der Waals surface area (Å²) in [6.07, 6.45) is 0. The summed E-state index contributed by atoms with van der Waals surface area (Å²) in [7, 11) is 1.44. The van der Waals surface area contributed by atoms with E-state index in [1.165, 1.54) is 24.7 Å². The van der Waals surface area contributed by atoms with E-state index in [1.807, 2.05) is 45.0 Å². The fraction of sp³-hybridized carbons (Fsp3) is 0.217. The highest BCUT2D eigenvalue weighted by molar-refractivity contribution is 7.15. The number of amides is 3. The molecule has 4 rings (SSSR count). The average Bonchev–Trinajstić information content (AvgIpc) is 3.22. The minimum atomic E-state index is -0.390. The van der Waals surface area contributed by atoms with Crippen LogP contribution >= 0.6 is 11.3 Å². The lowest BCUT2D eigenvalue weighted by molar-refractivity contribution is 0.0693. The minimum absolute atomic E-state index is 0.248. The van der Waals surface area contributed by atoms with Gasteiger partial charge in [0.2, 0.25) is 0 Å². The van der Waals surface area contributed by atoms with Gasteiger partial charge in [-0.05, 0) is 39.0 Å². The second kappa shape index (κ2) is 7.50. The Kier molecular flexibility index (Phi) is 4.99. The van der Waals surface area contributed by atoms with Gasteiger partial charge in [0, 0.05) is 18.2 Å². The van der Waals surface area contributed by atoms with Crippen LogP contribution in [0.15, 0.2) is 42.5 Å². The molecule has 0 fully saturated rings. The summed E-state index contributed by atoms with van der Waals surface area (Å²) in [6.45, 7) is 5.88. The van der Waals surface area contributed by atoms with E-state index in [2.05, 4.69) is 10.3 Å². The molecule has 1 N–H and O–H groups in total. The average molecular weight is 420 g/mol. The normalized spacial score (nSPS) is 14.1. The van der Waals surface area contributed by atoms with Crippen LogP contribution in [0.4, 0.5) is 0 Å². The van der Waals surface area contributed by atoms with E-state index < -0.39 is 5.91 Å². The van der Waals surface area contributed by atoms with Crippen molar-refractivity contribution in [2.24, 2.45) is 0 Å². The van der Waals surface area contributed by atoms with Crippen molar-refractivity contribution in [1.29, 1.82) is 0 Å². The third kappa shape index (κ3) is 3.41. The quantitative estimate of drug-likeness (QED) is 0.645. The molecule has 1 atom stereocenters. The van der Waals surface area contributed by atoms with Gasteiger partial charge in [-0.3, -0.25) is 19.3 Å². The maximum absolute atomic E-state index is 12.8. The first kappa shape index (κ1) is 20.0. The van der Waals surface area contributed by atoms with Gasteiger partial charge in [0.1, 0.15) is 5.01 Å². The largest absolute Gasteiger partial charge is 0.345 e. The number of carbonyl (C=O) groups is 3. The zero-order valence-corrected chi connectivity index (χ0v) is 18.0. The van der Waals surface area contributed by atoms with Crippen molar-refractivity contribution in [3.8, 4) is 10.6 Å². The van der Waals surface area contributed by atoms with Crippen LogP contribution < -0.4 is 5.32 Å². The first-order valence-corrected chi connectivity index (χ1v) is 10.4. The molecule has 1 aromatic heterocycles. The summed E-state index contributed by atoms with van der Waals surface area (Å²) in [5, 5.41) is 3.89. The molecule has 7 heteroatoms. The lowest BCUT2D eigenvalue weighted by atomic mass is 10.0. The Morgan fingerprint density at radius 3 is 2.40 bits per heavy atom. The molecule has 0 saturated heterocycles. The molecule has 152 valence electrons. The highest BCUT2D eigenvalue weighted by atomic mass is 32.1. The molecule has 0 aliphatic carbocycles. The molecule has 1 aliphatic rings. The van der Waals surface area contributed by atoms with Gasteiger partial charge in [-0.2, -0.15) is 0 Å². The van der Waals surface area contributed by atoms with Crippen LogP contribution in [-0.2, 0) is 0 Å². The summed E-state index contributed by atoms with van der Waals surface area (Å²) in [5.41, 5.74) is 4.04. The van der Waals surface area contributed by atoms with E-state index in [4.69, 9.17) is 0 Å². The van der Waals surface area contributed by atoms with E-state index in [-0.39, 0.29) is 23.4 Å². The van der Waals surface area contributed by atoms with E-state index in [0.29, 0.717) is 11.1 Å². The second-order valence-electron chi connectivity index (χ2n) is 7.46. The van der Waals surface area contributed by atoms with Crippen LogP contribution in [0.3, 0.4) is 0 Å². The number of imide groups is 1. The summed E-state index contributed by atoms with van der Waals surface area (Å²) in [6, 6.07) is 12.5. The van der Waals surface area contributed by atoms with Crippen molar-refractivity contribution in [3.63, 3.8) is 0 Å². The number of aryl methyl sites for hydroxylation is 2. The highest BCUT2D eigenvalue weighted by Gasteiger charge is 2.33. The Bertz CT molecular complexity index is 1180. The summed E-state index contributed by atoms with van der Waals surface area (Å²) < 4.78 is 0. The molecule has 1 aliphatic heterocycles. The third-order valence-corrected chi connectivity index (χ3v) is 6.61. The fourth-order valence-electron chi connectivity index (χ4n) is 3.48. The standard InChI is InChI=1S/C23H21N3O3S/c1-12-5-7-15(8-6-12)21-25-14(3)19(30-21)13(2)24-20(27)16-9-10-17-18(11-16)23(29)26(4)22(17)28/h5-11,13H,1-4H3,(H,24,27). The number of aromatic nitrogens is 1. The molecule has 0 bridgehead atoms. The maximum Gasteiger partial charge on any atom is 0.261 e. The van der Waals surface area contributed by atoms with Gasteiger partial charge in [-0.15, -0.1) is 11.3 Å². The monoisotopic (exact) mass is 419 g/mol. The van der Waals surface area contributed by atoms with E-state index in [9.17, 15) is 14.4 Å². The lowest BCUT2D eigenvalue weighted by Gasteiger charge is -2.13. The Balaban J connectivity index is 1.54. The Labute approximate surface area is 178 Å². The highest BCUT2D eigenvalue weighted by Crippen LogP contribution is 2.32. The van der Waals surface area contributed by atoms with Gasteiger partial charge in [0.05, 0.1) is 27.7 Å². The van der Waals surface area contributed by atoms with Crippen molar-refractivity contribution < 1.29 is 14.4 Å². The summed E-state index contributed by atoms with van der Waals surface area (Å²) in [5.74, 6) is -1.04. The van der Waals surface area contributed by atoms with Gasteiger partial charge in [-0.25, -0.2) is 4.98 Å². The van der Waals surface area contributed by atoms with Gasteiger partial charge in [0.15, 0.2) is 0 Å². The maximum atomic E-state index is 12.8. The molecule has 30 heavy (non-hydrogen) atoms. The number of rotatable bonds is 4. The fourth-order valence-corrected chi connectivity index (χ4v) is 4.55. The van der Waals surface area contributed by atoms with Crippen LogP contribution in [0.1, 0.15) is 60.2 Å². The van der Waals surface area contributed by atoms with Gasteiger partial charge < -0.3 is 5.32 Å². The van der Waals surface area contributed by atoms with Crippen molar-refractivity contribution >= 4 is 29.1 Å². The van der Waals surface area contributed by atoms with Crippen LogP contribution in [0.25, 0.3) is 10.6 Å². The molecular weight excluding hydrogens is 398 g/mol. The molecule has 2 heterocycles. The van der Waals surface area contributed by atoms with Crippen molar-refractivity contribution in [2.45, 2.75) is 26.8 Å². The number of nitrogens with one attached hydrogen (secondary N) is 1. The predicted molar refractivity (Wildman–Crippen MR) is 116 cm³/mol. The SMILES string of the molecule is Cc1ccc(-c2nc(C)c(C(C)NC(=O)c3ccc4c(c3)C(=O)N(C)C4=O)s2)cc1. The topological polar surface area (TPSA) is 79.4 Å². The van der Waals surface area contributed by atoms with Crippen LogP contribution in [0.5, 0.6) is 0 Å². The number of carbonyl (C=O) groups excluding carboxylic acids is 3. The third-order valence-electron chi connectivity index (χ3n) is 5.22. The molecule has 1 unspecified atom stereocenters. The number of nitrogens with zero attached hydrogens (tertiary/aromatic N) is 2. The van der Waals surface area contributed by atoms with E-state index in [0.717, 1.165) is 26.0 Å². The minimum Gasteiger partial charge on any atom is -0.345 e. The Hall–Kier alpha value is -3.32. The molecule has 2 aromatic carbocycles. The van der Waals surface area contributed by atoms with Gasteiger partial charge >= 0.3 is 0 Å². The summed E-state index contributed by atoms with van der Waals surface area (Å²) >= 11 is 1.55. The van der Waals surface area contributed by atoms with E-state index in [1.54, 1.807) is 17.4 Å². The van der Waals surface area contributed by atoms with Crippen molar-refractivity contribution in [2.75, 3.05) is 7.05 Å². The van der Waals surface area contributed by atoms with Gasteiger partial charge in [-0.1, -0.05) is 29.8 Å². The van der Waals surface area contributed by atoms with Crippen LogP contribution in [0.2, 0.25) is 0 Å². The number of fused-ring (bicyclic) bond motifs is 1. The summed E-state index contributed by atoms with van der Waals surface area (Å²) in [4.78, 5) is 43.7. The Morgan fingerprint density at radius 2 is 1.70 bits per heavy atom. The second-order valence-corrected chi connectivity index (χ2v) is 8.49.